The minimum Gasteiger partial charge on any atom is -0.431 e. The molecule has 1 aromatic rings. The zero-order valence-electron chi connectivity index (χ0n) is 11.9. The Morgan fingerprint density at radius 2 is 2.23 bits per heavy atom. The van der Waals surface area contributed by atoms with E-state index in [1.165, 1.54) is 0 Å². The predicted molar refractivity (Wildman–Crippen MR) is 76.8 cm³/mol. The Morgan fingerprint density at radius 3 is 2.82 bits per heavy atom. The molecule has 1 saturated heterocycles. The minimum absolute atomic E-state index is 0.109. The van der Waals surface area contributed by atoms with E-state index in [0.29, 0.717) is 23.8 Å². The average Bonchev–Trinajstić information content (AvgIpc) is 2.46. The van der Waals surface area contributed by atoms with Gasteiger partial charge in [-0.1, -0.05) is 24.6 Å². The fourth-order valence-corrected chi connectivity index (χ4v) is 2.68. The lowest BCUT2D eigenvalue weighted by Gasteiger charge is -2.47. The van der Waals surface area contributed by atoms with Gasteiger partial charge >= 0.3 is 12.1 Å². The van der Waals surface area contributed by atoms with Crippen LogP contribution in [-0.4, -0.2) is 37.5 Å². The number of hydrogen-bond acceptors (Lipinski definition) is 4. The molecule has 1 unspecified atom stereocenters. The quantitative estimate of drug-likeness (QED) is 0.862. The number of benzene rings is 1. The second-order valence-corrected chi connectivity index (χ2v) is 5.43. The predicted octanol–water partition coefficient (Wildman–Crippen LogP) is 2.96. The lowest BCUT2D eigenvalue weighted by Crippen LogP contribution is -2.64. The maximum Gasteiger partial charge on any atom is 0.491 e. The number of nitrogens with zero attached hydrogens (tertiary/aromatic N) is 1. The summed E-state index contributed by atoms with van der Waals surface area (Å²) in [5.41, 5.74) is -0.777. The number of piperazine rings is 1. The number of alkyl halides is 3. The van der Waals surface area contributed by atoms with Crippen LogP contribution in [0, 0.1) is 0 Å². The number of anilines is 1. The molecule has 0 aromatic heterocycles. The van der Waals surface area contributed by atoms with Crippen molar-refractivity contribution in [1.82, 2.24) is 5.32 Å². The van der Waals surface area contributed by atoms with Crippen molar-refractivity contribution in [3.8, 4) is 0 Å². The van der Waals surface area contributed by atoms with Gasteiger partial charge < -0.3 is 15.0 Å². The summed E-state index contributed by atoms with van der Waals surface area (Å²) in [6.07, 6.45) is -4.83. The summed E-state index contributed by atoms with van der Waals surface area (Å²) in [5.74, 6) is -2.19. The molecule has 1 atom stereocenters. The van der Waals surface area contributed by atoms with E-state index < -0.39 is 17.9 Å². The van der Waals surface area contributed by atoms with Gasteiger partial charge in [0.2, 0.25) is 0 Å². The molecule has 0 amide bonds. The summed E-state index contributed by atoms with van der Waals surface area (Å²) in [7, 11) is 0. The molecule has 0 aliphatic carbocycles. The van der Waals surface area contributed by atoms with Crippen LogP contribution in [0.4, 0.5) is 18.9 Å². The molecule has 1 N–H and O–H groups in total. The molecular formula is C14H16ClF3N2O2. The number of halogens is 4. The number of hydrogen-bond donors (Lipinski definition) is 1. The Bertz CT molecular complexity index is 553. The lowest BCUT2D eigenvalue weighted by atomic mass is 10.0. The van der Waals surface area contributed by atoms with E-state index in [-0.39, 0.29) is 13.0 Å². The van der Waals surface area contributed by atoms with Crippen molar-refractivity contribution in [1.29, 1.82) is 0 Å². The summed E-state index contributed by atoms with van der Waals surface area (Å²) >= 11 is 5.95. The van der Waals surface area contributed by atoms with Crippen molar-refractivity contribution < 1.29 is 22.7 Å². The molecule has 1 fully saturated rings. The molecule has 1 aliphatic rings. The number of nitrogens with one attached hydrogen (secondary N) is 1. The second kappa shape index (κ2) is 6.34. The normalized spacial score (nSPS) is 22.5. The van der Waals surface area contributed by atoms with Gasteiger partial charge in [0.25, 0.3) is 0 Å². The molecule has 1 aromatic carbocycles. The number of carbonyl (C=O) groups excluding carboxylic acids is 1. The summed E-state index contributed by atoms with van der Waals surface area (Å²) < 4.78 is 42.6. The SMILES string of the molecule is CCC1(OC(=O)C(F)(F)F)CNCCN1c1cccc(Cl)c1. The molecule has 122 valence electrons. The van der Waals surface area contributed by atoms with E-state index in [0.717, 1.165) is 0 Å². The van der Waals surface area contributed by atoms with Crippen LogP contribution in [0.1, 0.15) is 13.3 Å². The van der Waals surface area contributed by atoms with Gasteiger partial charge in [0.1, 0.15) is 0 Å². The maximum atomic E-state index is 12.6. The Balaban J connectivity index is 2.35. The van der Waals surface area contributed by atoms with Crippen molar-refractivity contribution in [2.75, 3.05) is 24.5 Å². The molecular weight excluding hydrogens is 321 g/mol. The van der Waals surface area contributed by atoms with Crippen LogP contribution < -0.4 is 10.2 Å². The largest absolute Gasteiger partial charge is 0.491 e. The molecule has 1 aliphatic heterocycles. The highest BCUT2D eigenvalue weighted by atomic mass is 35.5. The molecule has 22 heavy (non-hydrogen) atoms. The number of esters is 1. The van der Waals surface area contributed by atoms with E-state index in [9.17, 15) is 18.0 Å². The first kappa shape index (κ1) is 16.9. The molecule has 4 nitrogen and oxygen atoms in total. The zero-order valence-corrected chi connectivity index (χ0v) is 12.7. The Hall–Kier alpha value is -1.47. The van der Waals surface area contributed by atoms with Crippen LogP contribution in [0.5, 0.6) is 0 Å². The third-order valence-corrected chi connectivity index (χ3v) is 3.83. The van der Waals surface area contributed by atoms with Gasteiger partial charge in [-0.05, 0) is 18.2 Å². The van der Waals surface area contributed by atoms with E-state index in [2.05, 4.69) is 5.32 Å². The van der Waals surface area contributed by atoms with Crippen molar-refractivity contribution in [2.45, 2.75) is 25.2 Å². The van der Waals surface area contributed by atoms with Crippen molar-refractivity contribution in [3.63, 3.8) is 0 Å². The number of carbonyl (C=O) groups is 1. The third-order valence-electron chi connectivity index (χ3n) is 3.59. The van der Waals surface area contributed by atoms with Crippen molar-refractivity contribution in [3.05, 3.63) is 29.3 Å². The van der Waals surface area contributed by atoms with E-state index in [4.69, 9.17) is 16.3 Å². The van der Waals surface area contributed by atoms with Gasteiger partial charge in [-0.15, -0.1) is 0 Å². The fourth-order valence-electron chi connectivity index (χ4n) is 2.49. The first-order valence-electron chi connectivity index (χ1n) is 6.82. The Labute approximate surface area is 131 Å². The van der Waals surface area contributed by atoms with Crippen molar-refractivity contribution >= 4 is 23.3 Å². The summed E-state index contributed by atoms with van der Waals surface area (Å²) in [6.45, 7) is 2.75. The zero-order chi connectivity index (χ0) is 16.4. The minimum atomic E-state index is -5.03. The molecule has 0 saturated carbocycles. The van der Waals surface area contributed by atoms with Gasteiger partial charge in [0, 0.05) is 30.2 Å². The second-order valence-electron chi connectivity index (χ2n) is 5.00. The fraction of sp³-hybridized carbons (Fsp3) is 0.500. The molecule has 0 bridgehead atoms. The Morgan fingerprint density at radius 1 is 1.50 bits per heavy atom. The van der Waals surface area contributed by atoms with Crippen molar-refractivity contribution in [2.24, 2.45) is 0 Å². The number of ether oxygens (including phenoxy) is 1. The van der Waals surface area contributed by atoms with Gasteiger partial charge in [-0.25, -0.2) is 4.79 Å². The molecule has 0 radical (unpaired) electrons. The summed E-state index contributed by atoms with van der Waals surface area (Å²) in [4.78, 5) is 13.0. The first-order chi connectivity index (χ1) is 10.3. The third kappa shape index (κ3) is 3.47. The van der Waals surface area contributed by atoms with Gasteiger partial charge in [-0.3, -0.25) is 0 Å². The van der Waals surface area contributed by atoms with Crippen LogP contribution in [0.2, 0.25) is 5.02 Å². The monoisotopic (exact) mass is 336 g/mol. The van der Waals surface area contributed by atoms with Crippen LogP contribution >= 0.6 is 11.6 Å². The van der Waals surface area contributed by atoms with Crippen LogP contribution in [0.25, 0.3) is 0 Å². The molecule has 2 rings (SSSR count). The smallest absolute Gasteiger partial charge is 0.431 e. The van der Waals surface area contributed by atoms with E-state index in [1.807, 2.05) is 0 Å². The highest BCUT2D eigenvalue weighted by Crippen LogP contribution is 2.33. The van der Waals surface area contributed by atoms with Gasteiger partial charge in [0.05, 0.1) is 6.54 Å². The van der Waals surface area contributed by atoms with Gasteiger partial charge in [-0.2, -0.15) is 13.2 Å². The highest BCUT2D eigenvalue weighted by Gasteiger charge is 2.49. The topological polar surface area (TPSA) is 41.6 Å². The first-order valence-corrected chi connectivity index (χ1v) is 7.20. The summed E-state index contributed by atoms with van der Waals surface area (Å²) in [5, 5.41) is 3.44. The molecule has 8 heteroatoms. The van der Waals surface area contributed by atoms with Crippen LogP contribution in [-0.2, 0) is 9.53 Å². The highest BCUT2D eigenvalue weighted by molar-refractivity contribution is 6.30. The van der Waals surface area contributed by atoms with E-state index >= 15 is 0 Å². The standard InChI is InChI=1S/C14H16ClF3N2O2/c1-2-13(22-12(21)14(16,17)18)9-19-6-7-20(13)11-5-3-4-10(15)8-11/h3-5,8,19H,2,6-7,9H2,1H3. The Kier molecular flexibility index (Phi) is 4.87. The number of rotatable bonds is 3. The van der Waals surface area contributed by atoms with Crippen LogP contribution in [0.3, 0.4) is 0 Å². The molecule has 0 spiro atoms. The van der Waals surface area contributed by atoms with Gasteiger partial charge in [0.15, 0.2) is 5.72 Å². The van der Waals surface area contributed by atoms with E-state index in [1.54, 1.807) is 36.1 Å². The van der Waals surface area contributed by atoms with Crippen LogP contribution in [0.15, 0.2) is 24.3 Å². The lowest BCUT2D eigenvalue weighted by molar-refractivity contribution is -0.215. The summed E-state index contributed by atoms with van der Waals surface area (Å²) in [6, 6.07) is 6.73. The molecule has 1 heterocycles. The average molecular weight is 337 g/mol. The maximum absolute atomic E-state index is 12.6.